The second-order valence-corrected chi connectivity index (χ2v) is 5.41. The first-order valence-electron chi connectivity index (χ1n) is 5.95. The molecule has 1 fully saturated rings. The van der Waals surface area contributed by atoms with Gasteiger partial charge in [0.15, 0.2) is 5.01 Å². The number of carbonyl (C=O) groups is 2. The average molecular weight is 319 g/mol. The molecule has 1 aromatic rings. The van der Waals surface area contributed by atoms with Gasteiger partial charge in [0.05, 0.1) is 6.04 Å². The molecular weight excluding hydrogens is 307 g/mol. The number of alkyl halides is 3. The maximum atomic E-state index is 12.4. The highest BCUT2D eigenvalue weighted by atomic mass is 32.1. The lowest BCUT2D eigenvalue weighted by Gasteiger charge is -2.43. The average Bonchev–Trinajstić information content (AvgIpc) is 2.84. The van der Waals surface area contributed by atoms with Gasteiger partial charge >= 0.3 is 6.18 Å². The summed E-state index contributed by atoms with van der Waals surface area (Å²) in [6.45, 7) is 3.91. The first kappa shape index (κ1) is 15.5. The van der Waals surface area contributed by atoms with Crippen LogP contribution in [0.15, 0.2) is 18.0 Å². The Hall–Kier alpha value is -1.90. The van der Waals surface area contributed by atoms with E-state index in [9.17, 15) is 22.8 Å². The van der Waals surface area contributed by atoms with Crippen LogP contribution in [0.25, 0.3) is 0 Å². The van der Waals surface area contributed by atoms with Crippen LogP contribution < -0.4 is 0 Å². The fourth-order valence-corrected chi connectivity index (χ4v) is 2.52. The van der Waals surface area contributed by atoms with Crippen molar-refractivity contribution >= 4 is 23.2 Å². The monoisotopic (exact) mass is 319 g/mol. The van der Waals surface area contributed by atoms with E-state index in [1.54, 1.807) is 7.05 Å². The van der Waals surface area contributed by atoms with Gasteiger partial charge < -0.3 is 9.80 Å². The topological polar surface area (TPSA) is 53.5 Å². The van der Waals surface area contributed by atoms with Crippen molar-refractivity contribution in [3.63, 3.8) is 0 Å². The van der Waals surface area contributed by atoms with Crippen LogP contribution in [-0.4, -0.2) is 52.8 Å². The zero-order valence-corrected chi connectivity index (χ0v) is 11.9. The maximum absolute atomic E-state index is 12.4. The van der Waals surface area contributed by atoms with Crippen molar-refractivity contribution in [1.29, 1.82) is 0 Å². The Morgan fingerprint density at radius 1 is 1.52 bits per heavy atom. The third-order valence-corrected chi connectivity index (χ3v) is 4.07. The van der Waals surface area contributed by atoms with Crippen LogP contribution in [0.5, 0.6) is 0 Å². The number of carbonyl (C=O) groups excluding carboxylic acids is 2. The zero-order valence-electron chi connectivity index (χ0n) is 11.1. The predicted molar refractivity (Wildman–Crippen MR) is 69.8 cm³/mol. The molecule has 0 atom stereocenters. The van der Waals surface area contributed by atoms with E-state index in [4.69, 9.17) is 0 Å². The van der Waals surface area contributed by atoms with Crippen LogP contribution in [-0.2, 0) is 11.0 Å². The lowest BCUT2D eigenvalue weighted by molar-refractivity contribution is -0.137. The molecule has 2 rings (SSSR count). The van der Waals surface area contributed by atoms with Gasteiger partial charge in [-0.25, -0.2) is 4.98 Å². The molecular formula is C12H12F3N3O2S. The number of nitrogens with zero attached hydrogens (tertiary/aromatic N) is 3. The molecule has 0 aliphatic carbocycles. The van der Waals surface area contributed by atoms with E-state index in [1.807, 2.05) is 0 Å². The van der Waals surface area contributed by atoms with Crippen molar-refractivity contribution in [3.05, 3.63) is 28.7 Å². The first-order chi connectivity index (χ1) is 9.74. The van der Waals surface area contributed by atoms with Crippen molar-refractivity contribution in [3.8, 4) is 0 Å². The molecule has 0 saturated carbocycles. The number of likely N-dealkylation sites (N-methyl/N-ethyl adjacent to an activating group) is 1. The minimum atomic E-state index is -4.54. The summed E-state index contributed by atoms with van der Waals surface area (Å²) in [7, 11) is 1.58. The second-order valence-electron chi connectivity index (χ2n) is 4.55. The highest BCUT2D eigenvalue weighted by molar-refractivity contribution is 7.09. The van der Waals surface area contributed by atoms with Crippen molar-refractivity contribution in [2.24, 2.45) is 0 Å². The highest BCUT2D eigenvalue weighted by Gasteiger charge is 2.38. The fourth-order valence-electron chi connectivity index (χ4n) is 1.85. The molecule has 0 unspecified atom stereocenters. The lowest BCUT2D eigenvalue weighted by atomic mass is 10.1. The number of hydrogen-bond acceptors (Lipinski definition) is 4. The molecule has 1 aliphatic heterocycles. The Morgan fingerprint density at radius 3 is 2.62 bits per heavy atom. The molecule has 0 aromatic carbocycles. The second kappa shape index (κ2) is 5.47. The van der Waals surface area contributed by atoms with Crippen molar-refractivity contribution in [2.45, 2.75) is 12.2 Å². The minimum absolute atomic E-state index is 0.153. The maximum Gasteiger partial charge on any atom is 0.443 e. The minimum Gasteiger partial charge on any atom is -0.336 e. The SMILES string of the molecule is C=CC(=O)N(C)C1CN(C(=O)c2csc(C(F)(F)F)n2)C1. The molecule has 1 aromatic heterocycles. The van der Waals surface area contributed by atoms with E-state index >= 15 is 0 Å². The number of hydrogen-bond donors (Lipinski definition) is 0. The molecule has 1 aliphatic rings. The third-order valence-electron chi connectivity index (χ3n) is 3.19. The zero-order chi connectivity index (χ0) is 15.8. The summed E-state index contributed by atoms with van der Waals surface area (Å²) in [5.74, 6) is -0.822. The molecule has 9 heteroatoms. The van der Waals surface area contributed by atoms with Gasteiger partial charge in [0, 0.05) is 25.5 Å². The van der Waals surface area contributed by atoms with E-state index in [0.29, 0.717) is 11.3 Å². The quantitative estimate of drug-likeness (QED) is 0.796. The Bertz CT molecular complexity index is 579. The van der Waals surface area contributed by atoms with E-state index in [0.717, 1.165) is 5.38 Å². The van der Waals surface area contributed by atoms with Gasteiger partial charge in [-0.3, -0.25) is 9.59 Å². The van der Waals surface area contributed by atoms with Gasteiger partial charge in [-0.15, -0.1) is 11.3 Å². The Labute approximate surface area is 122 Å². The largest absolute Gasteiger partial charge is 0.443 e. The van der Waals surface area contributed by atoms with Gasteiger partial charge in [0.25, 0.3) is 5.91 Å². The molecule has 0 spiro atoms. The predicted octanol–water partition coefficient (Wildman–Crippen LogP) is 1.63. The van der Waals surface area contributed by atoms with Gasteiger partial charge in [0.2, 0.25) is 5.91 Å². The van der Waals surface area contributed by atoms with Gasteiger partial charge in [0.1, 0.15) is 5.69 Å². The summed E-state index contributed by atoms with van der Waals surface area (Å²) in [5.41, 5.74) is -0.219. The van der Waals surface area contributed by atoms with Gasteiger partial charge in [-0.05, 0) is 6.08 Å². The van der Waals surface area contributed by atoms with E-state index in [-0.39, 0.29) is 30.7 Å². The molecule has 1 saturated heterocycles. The Morgan fingerprint density at radius 2 is 2.14 bits per heavy atom. The molecule has 114 valence electrons. The number of thiazole rings is 1. The molecule has 0 radical (unpaired) electrons. The van der Waals surface area contributed by atoms with E-state index in [1.165, 1.54) is 15.9 Å². The van der Waals surface area contributed by atoms with E-state index in [2.05, 4.69) is 11.6 Å². The normalized spacial score (nSPS) is 15.5. The van der Waals surface area contributed by atoms with Gasteiger partial charge in [-0.1, -0.05) is 6.58 Å². The van der Waals surface area contributed by atoms with Gasteiger partial charge in [-0.2, -0.15) is 13.2 Å². The van der Waals surface area contributed by atoms with Crippen LogP contribution in [0.2, 0.25) is 0 Å². The molecule has 5 nitrogen and oxygen atoms in total. The number of halogens is 3. The number of rotatable bonds is 3. The molecule has 0 N–H and O–H groups in total. The summed E-state index contributed by atoms with van der Waals surface area (Å²) >= 11 is 0.391. The first-order valence-corrected chi connectivity index (χ1v) is 6.83. The fraction of sp³-hybridized carbons (Fsp3) is 0.417. The number of aromatic nitrogens is 1. The Kier molecular flexibility index (Phi) is 4.04. The molecule has 0 bridgehead atoms. The number of likely N-dealkylation sites (tertiary alicyclic amines) is 1. The molecule has 21 heavy (non-hydrogen) atoms. The Balaban J connectivity index is 1.96. The summed E-state index contributed by atoms with van der Waals surface area (Å²) in [5, 5.41) is 0.0544. The van der Waals surface area contributed by atoms with Crippen LogP contribution in [0.3, 0.4) is 0 Å². The van der Waals surface area contributed by atoms with E-state index < -0.39 is 17.1 Å². The lowest BCUT2D eigenvalue weighted by Crippen LogP contribution is -2.61. The van der Waals surface area contributed by atoms with Crippen molar-refractivity contribution in [1.82, 2.24) is 14.8 Å². The summed E-state index contributed by atoms with van der Waals surface area (Å²) in [6, 6.07) is -0.153. The smallest absolute Gasteiger partial charge is 0.336 e. The summed E-state index contributed by atoms with van der Waals surface area (Å²) in [4.78, 5) is 29.4. The van der Waals surface area contributed by atoms with Crippen LogP contribution >= 0.6 is 11.3 Å². The molecule has 2 amide bonds. The summed E-state index contributed by atoms with van der Waals surface area (Å²) in [6.07, 6.45) is -3.38. The van der Waals surface area contributed by atoms with Crippen LogP contribution in [0.1, 0.15) is 15.5 Å². The highest BCUT2D eigenvalue weighted by Crippen LogP contribution is 2.32. The van der Waals surface area contributed by atoms with Crippen LogP contribution in [0.4, 0.5) is 13.2 Å². The standard InChI is InChI=1S/C12H12F3N3O2S/c1-3-9(19)17(2)7-4-18(5-7)10(20)8-6-21-11(16-8)12(13,14)15/h3,6-7H,1,4-5H2,2H3. The van der Waals surface area contributed by atoms with Crippen LogP contribution in [0, 0.1) is 0 Å². The van der Waals surface area contributed by atoms with Crippen molar-refractivity contribution < 1.29 is 22.8 Å². The number of amides is 2. The molecule has 2 heterocycles. The van der Waals surface area contributed by atoms with Crippen molar-refractivity contribution in [2.75, 3.05) is 20.1 Å². The summed E-state index contributed by atoms with van der Waals surface area (Å²) < 4.78 is 37.3. The third kappa shape index (κ3) is 3.07.